The fourth-order valence-corrected chi connectivity index (χ4v) is 2.71. The van der Waals surface area contributed by atoms with Crippen molar-refractivity contribution < 1.29 is 0 Å². The van der Waals surface area contributed by atoms with Gasteiger partial charge in [0.25, 0.3) is 0 Å². The van der Waals surface area contributed by atoms with Gasteiger partial charge in [-0.25, -0.2) is 0 Å². The van der Waals surface area contributed by atoms with Gasteiger partial charge in [-0.2, -0.15) is 0 Å². The van der Waals surface area contributed by atoms with Gasteiger partial charge in [-0.1, -0.05) is 0 Å². The number of H-pyrrole nitrogens is 1. The first kappa shape index (κ1) is 12.6. The van der Waals surface area contributed by atoms with Gasteiger partial charge in [-0.15, -0.1) is 0 Å². The first-order chi connectivity index (χ1) is 8.22. The third-order valence-corrected chi connectivity index (χ3v) is 3.71. The minimum Gasteiger partial charge on any atom is -0.382 e. The van der Waals surface area contributed by atoms with Crippen molar-refractivity contribution in [3.63, 3.8) is 0 Å². The number of hydrogen-bond acceptors (Lipinski definition) is 3. The summed E-state index contributed by atoms with van der Waals surface area (Å²) in [6, 6.07) is 2.10. The van der Waals surface area contributed by atoms with E-state index in [1.807, 2.05) is 0 Å². The summed E-state index contributed by atoms with van der Waals surface area (Å²) in [7, 11) is 0. The van der Waals surface area contributed by atoms with Gasteiger partial charge in [-0.05, 0) is 47.9 Å². The Kier molecular flexibility index (Phi) is 4.20. The Morgan fingerprint density at radius 1 is 1.47 bits per heavy atom. The van der Waals surface area contributed by atoms with Gasteiger partial charge in [0.1, 0.15) is 5.84 Å². The molecular weight excluding hydrogens is 282 g/mol. The maximum Gasteiger partial charge on any atom is 0.144 e. The second-order valence-corrected chi connectivity index (χ2v) is 5.05. The zero-order valence-electron chi connectivity index (χ0n) is 9.67. The standard InChI is InChI=1S/C11H18BrN5/c12-8-5-9(7-1-3-15-4-2-7)17-10(8)11(14)16-6-13/h5,7,15,17H,1-4,6,13H2,(H2,14,16). The van der Waals surface area contributed by atoms with Crippen LogP contribution in [0, 0.1) is 0 Å². The molecule has 0 radical (unpaired) electrons. The minimum atomic E-state index is 0.208. The second kappa shape index (κ2) is 5.66. The van der Waals surface area contributed by atoms with E-state index >= 15 is 0 Å². The molecule has 1 saturated heterocycles. The molecule has 1 aromatic heterocycles. The number of nitrogens with two attached hydrogens (primary N) is 2. The van der Waals surface area contributed by atoms with Crippen LogP contribution in [-0.4, -0.2) is 30.6 Å². The molecule has 5 nitrogen and oxygen atoms in total. The van der Waals surface area contributed by atoms with Crippen LogP contribution in [0.4, 0.5) is 0 Å². The molecular formula is C11H18BrN5. The number of aromatic amines is 1. The van der Waals surface area contributed by atoms with Gasteiger partial charge in [0.2, 0.25) is 0 Å². The van der Waals surface area contributed by atoms with Gasteiger partial charge >= 0.3 is 0 Å². The van der Waals surface area contributed by atoms with Gasteiger partial charge in [0.05, 0.1) is 12.4 Å². The first-order valence-electron chi connectivity index (χ1n) is 5.82. The van der Waals surface area contributed by atoms with E-state index in [9.17, 15) is 0 Å². The molecule has 6 N–H and O–H groups in total. The molecule has 1 aliphatic heterocycles. The monoisotopic (exact) mass is 299 g/mol. The van der Waals surface area contributed by atoms with E-state index in [1.54, 1.807) is 0 Å². The fraction of sp³-hybridized carbons (Fsp3) is 0.545. The van der Waals surface area contributed by atoms with Crippen LogP contribution in [0.25, 0.3) is 0 Å². The predicted octanol–water partition coefficient (Wildman–Crippen LogP) is 0.866. The highest BCUT2D eigenvalue weighted by molar-refractivity contribution is 9.10. The quantitative estimate of drug-likeness (QED) is 0.493. The van der Waals surface area contributed by atoms with Crippen molar-refractivity contribution in [2.45, 2.75) is 18.8 Å². The molecule has 0 aliphatic carbocycles. The summed E-state index contributed by atoms with van der Waals surface area (Å²) < 4.78 is 0.959. The number of aromatic nitrogens is 1. The van der Waals surface area contributed by atoms with Crippen molar-refractivity contribution in [1.29, 1.82) is 0 Å². The van der Waals surface area contributed by atoms with Crippen LogP contribution in [0.2, 0.25) is 0 Å². The van der Waals surface area contributed by atoms with Crippen molar-refractivity contribution in [2.24, 2.45) is 16.5 Å². The van der Waals surface area contributed by atoms with Crippen molar-refractivity contribution in [1.82, 2.24) is 10.3 Å². The number of nitrogens with one attached hydrogen (secondary N) is 2. The number of hydrogen-bond donors (Lipinski definition) is 4. The van der Waals surface area contributed by atoms with Crippen molar-refractivity contribution >= 4 is 21.8 Å². The van der Waals surface area contributed by atoms with Crippen LogP contribution in [0.15, 0.2) is 15.5 Å². The van der Waals surface area contributed by atoms with Gasteiger partial charge in [-0.3, -0.25) is 4.99 Å². The largest absolute Gasteiger partial charge is 0.382 e. The van der Waals surface area contributed by atoms with E-state index < -0.39 is 0 Å². The molecule has 6 heteroatoms. The average Bonchev–Trinajstić information content (AvgIpc) is 2.73. The topological polar surface area (TPSA) is 92.2 Å². The molecule has 0 bridgehead atoms. The van der Waals surface area contributed by atoms with E-state index in [-0.39, 0.29) is 6.67 Å². The van der Waals surface area contributed by atoms with Crippen LogP contribution in [-0.2, 0) is 0 Å². The Bertz CT molecular complexity index is 406. The Morgan fingerprint density at radius 3 is 2.82 bits per heavy atom. The summed E-state index contributed by atoms with van der Waals surface area (Å²) in [5.74, 6) is 1.03. The zero-order chi connectivity index (χ0) is 12.3. The van der Waals surface area contributed by atoms with Crippen LogP contribution in [0.3, 0.4) is 0 Å². The van der Waals surface area contributed by atoms with Crippen LogP contribution in [0.5, 0.6) is 0 Å². The highest BCUT2D eigenvalue weighted by Crippen LogP contribution is 2.28. The van der Waals surface area contributed by atoms with Crippen molar-refractivity contribution in [3.05, 3.63) is 21.9 Å². The number of nitrogens with zero attached hydrogens (tertiary/aromatic N) is 1. The predicted molar refractivity (Wildman–Crippen MR) is 73.1 cm³/mol. The first-order valence-corrected chi connectivity index (χ1v) is 6.61. The maximum atomic E-state index is 5.85. The zero-order valence-corrected chi connectivity index (χ0v) is 11.3. The lowest BCUT2D eigenvalue weighted by atomic mass is 9.95. The Balaban J connectivity index is 2.20. The summed E-state index contributed by atoms with van der Waals surface area (Å²) in [5.41, 5.74) is 13.3. The van der Waals surface area contributed by atoms with E-state index in [0.29, 0.717) is 11.8 Å². The number of amidine groups is 1. The number of halogens is 1. The van der Waals surface area contributed by atoms with E-state index in [0.717, 1.165) is 36.1 Å². The van der Waals surface area contributed by atoms with Gasteiger partial charge < -0.3 is 21.8 Å². The molecule has 2 rings (SSSR count). The molecule has 2 heterocycles. The molecule has 0 saturated carbocycles. The number of aliphatic imine (C=N–C) groups is 1. The normalized spacial score (nSPS) is 18.6. The highest BCUT2D eigenvalue weighted by Gasteiger charge is 2.19. The molecule has 1 aliphatic rings. The summed E-state index contributed by atoms with van der Waals surface area (Å²) in [6.45, 7) is 2.35. The van der Waals surface area contributed by atoms with Crippen LogP contribution < -0.4 is 16.8 Å². The van der Waals surface area contributed by atoms with Crippen LogP contribution >= 0.6 is 15.9 Å². The lowest BCUT2D eigenvalue weighted by Gasteiger charge is -2.21. The third kappa shape index (κ3) is 2.88. The summed E-state index contributed by atoms with van der Waals surface area (Å²) in [4.78, 5) is 7.36. The molecule has 0 amide bonds. The van der Waals surface area contributed by atoms with Crippen molar-refractivity contribution in [2.75, 3.05) is 19.8 Å². The summed E-state index contributed by atoms with van der Waals surface area (Å²) >= 11 is 3.51. The molecule has 0 atom stereocenters. The maximum absolute atomic E-state index is 5.85. The van der Waals surface area contributed by atoms with Gasteiger partial charge in [0, 0.05) is 16.1 Å². The summed E-state index contributed by atoms with van der Waals surface area (Å²) in [5, 5.41) is 3.36. The Morgan fingerprint density at radius 2 is 2.18 bits per heavy atom. The fourth-order valence-electron chi connectivity index (χ4n) is 2.17. The smallest absolute Gasteiger partial charge is 0.144 e. The molecule has 0 spiro atoms. The van der Waals surface area contributed by atoms with E-state index in [4.69, 9.17) is 11.5 Å². The SMILES string of the molecule is NC/N=C(/N)c1[nH]c(C2CCNCC2)cc1Br. The van der Waals surface area contributed by atoms with E-state index in [2.05, 4.69) is 37.3 Å². The molecule has 94 valence electrons. The number of rotatable bonds is 3. The lowest BCUT2D eigenvalue weighted by molar-refractivity contribution is 0.454. The second-order valence-electron chi connectivity index (χ2n) is 4.20. The van der Waals surface area contributed by atoms with Crippen molar-refractivity contribution in [3.8, 4) is 0 Å². The molecule has 1 aromatic rings. The highest BCUT2D eigenvalue weighted by atomic mass is 79.9. The third-order valence-electron chi connectivity index (χ3n) is 3.09. The lowest BCUT2D eigenvalue weighted by Crippen LogP contribution is -2.26. The summed E-state index contributed by atoms with van der Waals surface area (Å²) in [6.07, 6.45) is 2.31. The van der Waals surface area contributed by atoms with E-state index in [1.165, 1.54) is 5.69 Å². The Labute approximate surface area is 109 Å². The average molecular weight is 300 g/mol. The molecule has 17 heavy (non-hydrogen) atoms. The van der Waals surface area contributed by atoms with Crippen LogP contribution in [0.1, 0.15) is 30.1 Å². The molecule has 0 unspecified atom stereocenters. The van der Waals surface area contributed by atoms with Gasteiger partial charge in [0.15, 0.2) is 0 Å². The Hall–Kier alpha value is -0.850. The molecule has 0 aromatic carbocycles. The minimum absolute atomic E-state index is 0.208. The number of piperidine rings is 1. The molecule has 1 fully saturated rings.